The number of sulfonamides is 1. The third kappa shape index (κ3) is 5.17. The third-order valence-electron chi connectivity index (χ3n) is 4.91. The number of rotatable bonds is 6. The Kier molecular flexibility index (Phi) is 6.80. The number of esters is 1. The van der Waals surface area contributed by atoms with Gasteiger partial charge in [-0.05, 0) is 36.1 Å². The van der Waals surface area contributed by atoms with Crippen molar-refractivity contribution in [1.82, 2.24) is 14.8 Å². The minimum absolute atomic E-state index is 0.00184. The van der Waals surface area contributed by atoms with Crippen molar-refractivity contribution in [3.05, 3.63) is 58.6 Å². The van der Waals surface area contributed by atoms with Crippen LogP contribution in [0.2, 0.25) is 5.02 Å². The number of carbonyl (C=O) groups excluding carboxylic acids is 1. The van der Waals surface area contributed by atoms with Gasteiger partial charge in [-0.3, -0.25) is 4.72 Å². The van der Waals surface area contributed by atoms with E-state index in [2.05, 4.69) is 14.9 Å². The first-order chi connectivity index (χ1) is 15.3. The Hall–Kier alpha value is -2.98. The van der Waals surface area contributed by atoms with Crippen molar-refractivity contribution >= 4 is 33.3 Å². The molecule has 8 nitrogen and oxygen atoms in total. The van der Waals surface area contributed by atoms with Gasteiger partial charge in [-0.15, -0.1) is 10.2 Å². The molecule has 0 bridgehead atoms. The topological polar surface area (TPSA) is 103 Å². The fraction of sp³-hybridized carbons (Fsp3) is 0.318. The maximum Gasteiger partial charge on any atom is 0.376 e. The van der Waals surface area contributed by atoms with E-state index in [-0.39, 0.29) is 44.8 Å². The lowest BCUT2D eigenvalue weighted by Crippen LogP contribution is -2.16. The van der Waals surface area contributed by atoms with Crippen molar-refractivity contribution in [2.24, 2.45) is 7.05 Å². The number of aromatic nitrogens is 3. The second-order valence-electron chi connectivity index (χ2n) is 8.32. The predicted molar refractivity (Wildman–Crippen MR) is 123 cm³/mol. The van der Waals surface area contributed by atoms with Crippen LogP contribution < -0.4 is 4.72 Å². The lowest BCUT2D eigenvalue weighted by atomic mass is 9.87. The Bertz CT molecular complexity index is 1300. The van der Waals surface area contributed by atoms with Crippen molar-refractivity contribution in [2.45, 2.75) is 38.0 Å². The molecule has 2 aromatic carbocycles. The first kappa shape index (κ1) is 24.7. The van der Waals surface area contributed by atoms with E-state index in [9.17, 15) is 17.6 Å². The Balaban J connectivity index is 2.05. The quantitative estimate of drug-likeness (QED) is 0.504. The minimum atomic E-state index is -4.08. The highest BCUT2D eigenvalue weighted by Gasteiger charge is 2.24. The summed E-state index contributed by atoms with van der Waals surface area (Å²) in [5.41, 5.74) is 0.846. The average molecular weight is 495 g/mol. The summed E-state index contributed by atoms with van der Waals surface area (Å²) in [6, 6.07) is 8.60. The Labute approximate surface area is 196 Å². The van der Waals surface area contributed by atoms with E-state index in [1.165, 1.54) is 29.8 Å². The van der Waals surface area contributed by atoms with E-state index in [1.807, 2.05) is 20.8 Å². The molecule has 0 fully saturated rings. The Morgan fingerprint density at radius 1 is 1.18 bits per heavy atom. The molecular weight excluding hydrogens is 471 g/mol. The zero-order valence-electron chi connectivity index (χ0n) is 18.8. The van der Waals surface area contributed by atoms with E-state index < -0.39 is 21.8 Å². The summed E-state index contributed by atoms with van der Waals surface area (Å²) in [4.78, 5) is 12.1. The molecule has 33 heavy (non-hydrogen) atoms. The molecule has 0 unspecified atom stereocenters. The summed E-state index contributed by atoms with van der Waals surface area (Å²) < 4.78 is 49.0. The molecule has 0 spiro atoms. The molecule has 176 valence electrons. The maximum atomic E-state index is 14.3. The van der Waals surface area contributed by atoms with Gasteiger partial charge in [0.25, 0.3) is 10.0 Å². The molecular formula is C22H24ClFN4O4S. The number of hydrogen-bond donors (Lipinski definition) is 1. The lowest BCUT2D eigenvalue weighted by molar-refractivity contribution is 0.0507. The summed E-state index contributed by atoms with van der Waals surface area (Å²) in [6.45, 7) is 7.84. The van der Waals surface area contributed by atoms with Crippen LogP contribution in [0, 0.1) is 5.82 Å². The first-order valence-corrected chi connectivity index (χ1v) is 11.9. The van der Waals surface area contributed by atoms with Gasteiger partial charge in [0.2, 0.25) is 5.82 Å². The van der Waals surface area contributed by atoms with Gasteiger partial charge in [0.15, 0.2) is 5.82 Å². The van der Waals surface area contributed by atoms with Gasteiger partial charge in [0, 0.05) is 18.7 Å². The van der Waals surface area contributed by atoms with Gasteiger partial charge in [-0.2, -0.15) is 0 Å². The molecule has 0 saturated heterocycles. The van der Waals surface area contributed by atoms with Crippen molar-refractivity contribution in [1.29, 1.82) is 0 Å². The second kappa shape index (κ2) is 9.11. The van der Waals surface area contributed by atoms with Gasteiger partial charge in [0.1, 0.15) is 5.82 Å². The number of ether oxygens (including phenoxy) is 1. The van der Waals surface area contributed by atoms with Crippen LogP contribution in [-0.2, 0) is 27.2 Å². The fourth-order valence-corrected chi connectivity index (χ4v) is 4.33. The number of hydrogen-bond acceptors (Lipinski definition) is 6. The van der Waals surface area contributed by atoms with E-state index in [0.29, 0.717) is 0 Å². The molecule has 0 aliphatic rings. The number of carbonyl (C=O) groups is 1. The van der Waals surface area contributed by atoms with Gasteiger partial charge in [-0.25, -0.2) is 17.6 Å². The molecule has 3 aromatic rings. The Morgan fingerprint density at radius 2 is 1.82 bits per heavy atom. The largest absolute Gasteiger partial charge is 0.460 e. The van der Waals surface area contributed by atoms with Crippen molar-refractivity contribution in [2.75, 3.05) is 11.3 Å². The highest BCUT2D eigenvalue weighted by atomic mass is 35.5. The molecule has 0 radical (unpaired) electrons. The van der Waals surface area contributed by atoms with E-state index in [0.717, 1.165) is 11.6 Å². The molecule has 0 aliphatic carbocycles. The first-order valence-electron chi connectivity index (χ1n) is 10.0. The summed E-state index contributed by atoms with van der Waals surface area (Å²) >= 11 is 5.95. The van der Waals surface area contributed by atoms with Gasteiger partial charge in [-0.1, -0.05) is 44.5 Å². The highest BCUT2D eigenvalue weighted by Crippen LogP contribution is 2.33. The van der Waals surface area contributed by atoms with Gasteiger partial charge >= 0.3 is 5.97 Å². The molecule has 0 atom stereocenters. The standard InChI is InChI=1S/C22H24ClFN4O4S/c1-6-32-21(29)20-26-25-19(28(20)5)15-11-16(23)17(24)12-18(15)27-33(30,31)14-9-7-13(8-10-14)22(2,3)4/h7-12,27H,6H2,1-5H3. The van der Waals surface area contributed by atoms with Gasteiger partial charge in [0.05, 0.1) is 22.2 Å². The zero-order valence-corrected chi connectivity index (χ0v) is 20.4. The summed E-state index contributed by atoms with van der Waals surface area (Å²) in [7, 11) is -2.57. The third-order valence-corrected chi connectivity index (χ3v) is 6.58. The summed E-state index contributed by atoms with van der Waals surface area (Å²) in [5, 5.41) is 7.53. The van der Waals surface area contributed by atoms with Crippen molar-refractivity contribution in [3.8, 4) is 11.4 Å². The number of nitrogens with zero attached hydrogens (tertiary/aromatic N) is 3. The van der Waals surface area contributed by atoms with E-state index in [4.69, 9.17) is 16.3 Å². The number of nitrogens with one attached hydrogen (secondary N) is 1. The smallest absolute Gasteiger partial charge is 0.376 e. The number of halogens is 2. The van der Waals surface area contributed by atoms with Crippen molar-refractivity contribution < 1.29 is 22.3 Å². The predicted octanol–water partition coefficient (Wildman–Crippen LogP) is 4.55. The maximum absolute atomic E-state index is 14.3. The van der Waals surface area contributed by atoms with Crippen LogP contribution in [-0.4, -0.2) is 35.8 Å². The van der Waals surface area contributed by atoms with Crippen LogP contribution in [0.25, 0.3) is 11.4 Å². The van der Waals surface area contributed by atoms with Crippen LogP contribution in [0.4, 0.5) is 10.1 Å². The molecule has 0 saturated carbocycles. The molecule has 1 heterocycles. The molecule has 1 N–H and O–H groups in total. The molecule has 1 aromatic heterocycles. The Morgan fingerprint density at radius 3 is 2.39 bits per heavy atom. The van der Waals surface area contributed by atoms with Crippen molar-refractivity contribution in [3.63, 3.8) is 0 Å². The molecule has 11 heteroatoms. The normalized spacial score (nSPS) is 12.0. The van der Waals surface area contributed by atoms with Crippen LogP contribution in [0.15, 0.2) is 41.3 Å². The SMILES string of the molecule is CCOC(=O)c1nnc(-c2cc(Cl)c(F)cc2NS(=O)(=O)c2ccc(C(C)(C)C)cc2)n1C. The van der Waals surface area contributed by atoms with Crippen LogP contribution in [0.3, 0.4) is 0 Å². The van der Waals surface area contributed by atoms with Crippen LogP contribution >= 0.6 is 11.6 Å². The molecule has 0 aliphatic heterocycles. The van der Waals surface area contributed by atoms with E-state index >= 15 is 0 Å². The monoisotopic (exact) mass is 494 g/mol. The van der Waals surface area contributed by atoms with Crippen LogP contribution in [0.5, 0.6) is 0 Å². The zero-order chi connectivity index (χ0) is 24.6. The highest BCUT2D eigenvalue weighted by molar-refractivity contribution is 7.92. The van der Waals surface area contributed by atoms with Crippen LogP contribution in [0.1, 0.15) is 43.9 Å². The minimum Gasteiger partial charge on any atom is -0.460 e. The fourth-order valence-electron chi connectivity index (χ4n) is 3.09. The average Bonchev–Trinajstić information content (AvgIpc) is 3.11. The van der Waals surface area contributed by atoms with E-state index in [1.54, 1.807) is 19.1 Å². The number of anilines is 1. The summed E-state index contributed by atoms with van der Waals surface area (Å²) in [6.07, 6.45) is 0. The summed E-state index contributed by atoms with van der Waals surface area (Å²) in [5.74, 6) is -1.53. The second-order valence-corrected chi connectivity index (χ2v) is 10.4. The lowest BCUT2D eigenvalue weighted by Gasteiger charge is -2.19. The number of benzene rings is 2. The van der Waals surface area contributed by atoms with Gasteiger partial charge < -0.3 is 9.30 Å². The molecule has 0 amide bonds. The molecule has 3 rings (SSSR count).